The zero-order chi connectivity index (χ0) is 20.2. The molecule has 4 rings (SSSR count). The maximum absolute atomic E-state index is 12.7. The van der Waals surface area contributed by atoms with Crippen molar-refractivity contribution in [2.24, 2.45) is 0 Å². The summed E-state index contributed by atoms with van der Waals surface area (Å²) in [5.74, 6) is 0.0898. The molecule has 1 heterocycles. The number of aryl methyl sites for hydroxylation is 2. The van der Waals surface area contributed by atoms with E-state index in [2.05, 4.69) is 36.5 Å². The third-order valence-electron chi connectivity index (χ3n) is 5.48. The predicted octanol–water partition coefficient (Wildman–Crippen LogP) is 4.64. The second kappa shape index (κ2) is 8.48. The average molecular weight is 386 g/mol. The van der Waals surface area contributed by atoms with E-state index in [1.165, 1.54) is 11.1 Å². The van der Waals surface area contributed by atoms with Gasteiger partial charge in [0.05, 0.1) is 5.69 Å². The summed E-state index contributed by atoms with van der Waals surface area (Å²) in [6, 6.07) is 20.3. The normalized spacial score (nSPS) is 12.6. The lowest BCUT2D eigenvalue weighted by Gasteiger charge is -2.17. The summed E-state index contributed by atoms with van der Waals surface area (Å²) >= 11 is 0. The van der Waals surface area contributed by atoms with Gasteiger partial charge in [-0.3, -0.25) is 9.59 Å². The van der Waals surface area contributed by atoms with Crippen LogP contribution in [-0.2, 0) is 11.2 Å². The lowest BCUT2D eigenvalue weighted by atomic mass is 10.1. The molecule has 1 aliphatic heterocycles. The van der Waals surface area contributed by atoms with Crippen LogP contribution in [0.25, 0.3) is 10.8 Å². The quantitative estimate of drug-likeness (QED) is 0.574. The van der Waals surface area contributed by atoms with Gasteiger partial charge in [-0.1, -0.05) is 54.1 Å². The number of hydrogen-bond donors (Lipinski definition) is 1. The molecule has 0 saturated carbocycles. The Labute approximate surface area is 171 Å². The van der Waals surface area contributed by atoms with Crippen molar-refractivity contribution in [3.05, 3.63) is 77.4 Å². The van der Waals surface area contributed by atoms with Crippen LogP contribution in [0.5, 0.6) is 0 Å². The van der Waals surface area contributed by atoms with Gasteiger partial charge in [-0.05, 0) is 49.3 Å². The van der Waals surface area contributed by atoms with Gasteiger partial charge in [-0.15, -0.1) is 0 Å². The van der Waals surface area contributed by atoms with Crippen molar-refractivity contribution >= 4 is 28.3 Å². The fourth-order valence-corrected chi connectivity index (χ4v) is 4.08. The van der Waals surface area contributed by atoms with Crippen LogP contribution >= 0.6 is 0 Å². The minimum Gasteiger partial charge on any atom is -0.356 e. The van der Waals surface area contributed by atoms with Crippen LogP contribution in [0.1, 0.15) is 40.7 Å². The molecule has 29 heavy (non-hydrogen) atoms. The standard InChI is InChI=1S/C25H26N2O2/c1-18-7-2-8-19(17-18)9-5-15-26-23(28)14-6-16-27-22-13-4-11-20-10-3-12-21(24(20)22)25(27)29/h2-4,7-8,10-13,17H,5-6,9,14-16H2,1H3,(H,26,28). The van der Waals surface area contributed by atoms with Gasteiger partial charge in [0, 0.05) is 30.5 Å². The molecule has 3 aromatic rings. The summed E-state index contributed by atoms with van der Waals surface area (Å²) in [6.07, 6.45) is 2.98. The Hall–Kier alpha value is -3.14. The van der Waals surface area contributed by atoms with E-state index in [9.17, 15) is 9.59 Å². The molecule has 4 heteroatoms. The minimum atomic E-state index is 0.0374. The molecule has 1 aliphatic rings. The van der Waals surface area contributed by atoms with Crippen molar-refractivity contribution in [2.75, 3.05) is 18.0 Å². The van der Waals surface area contributed by atoms with E-state index < -0.39 is 0 Å². The Morgan fingerprint density at radius 2 is 1.79 bits per heavy atom. The van der Waals surface area contributed by atoms with Gasteiger partial charge in [0.25, 0.3) is 5.91 Å². The largest absolute Gasteiger partial charge is 0.356 e. The molecule has 0 aromatic heterocycles. The fourth-order valence-electron chi connectivity index (χ4n) is 4.08. The van der Waals surface area contributed by atoms with Gasteiger partial charge in [0.2, 0.25) is 5.91 Å². The van der Waals surface area contributed by atoms with E-state index in [4.69, 9.17) is 0 Å². The molecule has 0 aliphatic carbocycles. The van der Waals surface area contributed by atoms with Crippen LogP contribution in [0.15, 0.2) is 60.7 Å². The number of nitrogens with zero attached hydrogens (tertiary/aromatic N) is 1. The second-order valence-corrected chi connectivity index (χ2v) is 7.68. The maximum atomic E-state index is 12.7. The summed E-state index contributed by atoms with van der Waals surface area (Å²) in [6.45, 7) is 3.33. The highest BCUT2D eigenvalue weighted by molar-refractivity contribution is 6.25. The number of anilines is 1. The first kappa shape index (κ1) is 19.2. The summed E-state index contributed by atoms with van der Waals surface area (Å²) < 4.78 is 0. The molecular weight excluding hydrogens is 360 g/mol. The number of carbonyl (C=O) groups is 2. The Morgan fingerprint density at radius 1 is 1.00 bits per heavy atom. The van der Waals surface area contributed by atoms with Crippen molar-refractivity contribution in [2.45, 2.75) is 32.6 Å². The summed E-state index contributed by atoms with van der Waals surface area (Å²) in [5.41, 5.74) is 4.29. The van der Waals surface area contributed by atoms with Crippen LogP contribution in [0.3, 0.4) is 0 Å². The molecule has 1 N–H and O–H groups in total. The van der Waals surface area contributed by atoms with E-state index in [0.717, 1.165) is 34.9 Å². The Bertz CT molecular complexity index is 1050. The fraction of sp³-hybridized carbons (Fsp3) is 0.280. The van der Waals surface area contributed by atoms with E-state index in [0.29, 0.717) is 25.9 Å². The molecule has 0 atom stereocenters. The highest BCUT2D eigenvalue weighted by Crippen LogP contribution is 2.37. The zero-order valence-corrected chi connectivity index (χ0v) is 16.8. The highest BCUT2D eigenvalue weighted by atomic mass is 16.2. The Morgan fingerprint density at radius 3 is 2.62 bits per heavy atom. The summed E-state index contributed by atoms with van der Waals surface area (Å²) in [5, 5.41) is 5.11. The molecule has 3 aromatic carbocycles. The van der Waals surface area contributed by atoms with Gasteiger partial charge in [-0.25, -0.2) is 0 Å². The molecule has 0 unspecified atom stereocenters. The van der Waals surface area contributed by atoms with Gasteiger partial charge >= 0.3 is 0 Å². The maximum Gasteiger partial charge on any atom is 0.258 e. The third kappa shape index (κ3) is 4.16. The number of hydrogen-bond acceptors (Lipinski definition) is 2. The molecule has 2 amide bonds. The molecule has 0 saturated heterocycles. The van der Waals surface area contributed by atoms with Crippen LogP contribution in [0.2, 0.25) is 0 Å². The number of benzene rings is 3. The molecule has 0 spiro atoms. The Kier molecular flexibility index (Phi) is 5.61. The first-order chi connectivity index (χ1) is 14.1. The van der Waals surface area contributed by atoms with Gasteiger partial charge in [-0.2, -0.15) is 0 Å². The SMILES string of the molecule is Cc1cccc(CCCNC(=O)CCCN2C(=O)c3cccc4cccc2c34)c1. The van der Waals surface area contributed by atoms with Crippen molar-refractivity contribution in [1.82, 2.24) is 5.32 Å². The third-order valence-corrected chi connectivity index (χ3v) is 5.48. The number of carbonyl (C=O) groups excluding carboxylic acids is 2. The van der Waals surface area contributed by atoms with E-state index >= 15 is 0 Å². The van der Waals surface area contributed by atoms with Crippen molar-refractivity contribution in [1.29, 1.82) is 0 Å². The monoisotopic (exact) mass is 386 g/mol. The van der Waals surface area contributed by atoms with Gasteiger partial charge in [0.15, 0.2) is 0 Å². The van der Waals surface area contributed by atoms with Crippen LogP contribution < -0.4 is 10.2 Å². The topological polar surface area (TPSA) is 49.4 Å². The van der Waals surface area contributed by atoms with Crippen LogP contribution in [-0.4, -0.2) is 24.9 Å². The molecule has 148 valence electrons. The van der Waals surface area contributed by atoms with Gasteiger partial charge in [0.1, 0.15) is 0 Å². The molecule has 0 fully saturated rings. The van der Waals surface area contributed by atoms with Crippen molar-refractivity contribution < 1.29 is 9.59 Å². The highest BCUT2D eigenvalue weighted by Gasteiger charge is 2.28. The van der Waals surface area contributed by atoms with Crippen molar-refractivity contribution in [3.8, 4) is 0 Å². The smallest absolute Gasteiger partial charge is 0.258 e. The van der Waals surface area contributed by atoms with Crippen molar-refractivity contribution in [3.63, 3.8) is 0 Å². The van der Waals surface area contributed by atoms with Crippen LogP contribution in [0, 0.1) is 6.92 Å². The molecule has 0 bridgehead atoms. The lowest BCUT2D eigenvalue weighted by molar-refractivity contribution is -0.121. The summed E-state index contributed by atoms with van der Waals surface area (Å²) in [4.78, 5) is 26.7. The molecule has 4 nitrogen and oxygen atoms in total. The van der Waals surface area contributed by atoms with Gasteiger partial charge < -0.3 is 10.2 Å². The minimum absolute atomic E-state index is 0.0374. The number of rotatable bonds is 8. The van der Waals surface area contributed by atoms with E-state index in [1.54, 1.807) is 0 Å². The predicted molar refractivity (Wildman–Crippen MR) is 117 cm³/mol. The molecular formula is C25H26N2O2. The first-order valence-electron chi connectivity index (χ1n) is 10.3. The van der Waals surface area contributed by atoms with Crippen LogP contribution in [0.4, 0.5) is 5.69 Å². The Balaban J connectivity index is 1.23. The zero-order valence-electron chi connectivity index (χ0n) is 16.8. The number of amides is 2. The lowest BCUT2D eigenvalue weighted by Crippen LogP contribution is -2.30. The van der Waals surface area contributed by atoms with E-state index in [1.807, 2.05) is 41.3 Å². The number of nitrogens with one attached hydrogen (secondary N) is 1. The average Bonchev–Trinajstić information content (AvgIpc) is 2.99. The summed E-state index contributed by atoms with van der Waals surface area (Å²) in [7, 11) is 0. The van der Waals surface area contributed by atoms with E-state index in [-0.39, 0.29) is 11.8 Å². The first-order valence-corrected chi connectivity index (χ1v) is 10.3. The molecule has 0 radical (unpaired) electrons. The second-order valence-electron chi connectivity index (χ2n) is 7.68.